The average Bonchev–Trinajstić information content (AvgIpc) is 2.86. The van der Waals surface area contributed by atoms with E-state index in [-0.39, 0.29) is 6.10 Å². The van der Waals surface area contributed by atoms with Gasteiger partial charge in [-0.25, -0.2) is 0 Å². The second-order valence-corrected chi connectivity index (χ2v) is 6.30. The highest BCUT2D eigenvalue weighted by molar-refractivity contribution is 5.36. The van der Waals surface area contributed by atoms with Gasteiger partial charge >= 0.3 is 0 Å². The largest absolute Gasteiger partial charge is 0.491 e. The summed E-state index contributed by atoms with van der Waals surface area (Å²) >= 11 is 0. The maximum Gasteiger partial charge on any atom is 0.124 e. The topological polar surface area (TPSA) is 21.3 Å². The van der Waals surface area contributed by atoms with Crippen LogP contribution < -0.4 is 10.1 Å². The highest BCUT2D eigenvalue weighted by Crippen LogP contribution is 2.40. The number of fused-ring (bicyclic) bond motifs is 1. The first-order chi connectivity index (χ1) is 9.24. The maximum absolute atomic E-state index is 5.97. The summed E-state index contributed by atoms with van der Waals surface area (Å²) in [6, 6.07) is 9.76. The molecule has 3 rings (SSSR count). The summed E-state index contributed by atoms with van der Waals surface area (Å²) < 4.78 is 5.97. The molecule has 1 aromatic carbocycles. The van der Waals surface area contributed by atoms with Crippen molar-refractivity contribution in [3.05, 3.63) is 29.8 Å². The Balaban J connectivity index is 1.78. The molecule has 0 aromatic heterocycles. The van der Waals surface area contributed by atoms with Crippen LogP contribution in [0.2, 0.25) is 0 Å². The summed E-state index contributed by atoms with van der Waals surface area (Å²) in [5.74, 6) is 1.99. The van der Waals surface area contributed by atoms with E-state index in [1.165, 1.54) is 37.7 Å². The summed E-state index contributed by atoms with van der Waals surface area (Å²) in [6.45, 7) is 4.19. The Kier molecular flexibility index (Phi) is 3.79. The van der Waals surface area contributed by atoms with E-state index in [1.807, 2.05) is 0 Å². The van der Waals surface area contributed by atoms with E-state index < -0.39 is 0 Å². The van der Waals surface area contributed by atoms with Gasteiger partial charge in [-0.15, -0.1) is 0 Å². The summed E-state index contributed by atoms with van der Waals surface area (Å²) in [7, 11) is 0. The molecule has 2 nitrogen and oxygen atoms in total. The standard InChI is InChI=1S/C17H25NO/c1-12(2)19-17-9-4-3-7-14(17)16-11-10-13-6-5-8-15(13)18-16/h3-4,7,9,12-13,15-16,18H,5-6,8,10-11H2,1-2H3. The maximum atomic E-state index is 5.97. The second kappa shape index (κ2) is 5.54. The molecular weight excluding hydrogens is 234 g/mol. The van der Waals surface area contributed by atoms with Crippen molar-refractivity contribution in [3.8, 4) is 5.75 Å². The van der Waals surface area contributed by atoms with Crippen LogP contribution in [0.15, 0.2) is 24.3 Å². The van der Waals surface area contributed by atoms with E-state index in [2.05, 4.69) is 43.4 Å². The molecule has 1 heterocycles. The molecule has 3 atom stereocenters. The zero-order valence-corrected chi connectivity index (χ0v) is 12.1. The molecule has 19 heavy (non-hydrogen) atoms. The number of piperidine rings is 1. The number of para-hydroxylation sites is 1. The molecule has 2 aliphatic rings. The Hall–Kier alpha value is -1.02. The third-order valence-electron chi connectivity index (χ3n) is 4.56. The first-order valence-electron chi connectivity index (χ1n) is 7.75. The molecule has 1 saturated heterocycles. The van der Waals surface area contributed by atoms with Crippen molar-refractivity contribution in [2.45, 2.75) is 64.1 Å². The van der Waals surface area contributed by atoms with Gasteiger partial charge in [0.25, 0.3) is 0 Å². The molecule has 3 unspecified atom stereocenters. The summed E-state index contributed by atoms with van der Waals surface area (Å²) in [5.41, 5.74) is 1.35. The van der Waals surface area contributed by atoms with Gasteiger partial charge in [-0.1, -0.05) is 24.6 Å². The number of rotatable bonds is 3. The number of nitrogens with one attached hydrogen (secondary N) is 1. The van der Waals surface area contributed by atoms with Crippen LogP contribution in [0.3, 0.4) is 0 Å². The molecule has 1 aliphatic heterocycles. The SMILES string of the molecule is CC(C)Oc1ccccc1C1CCC2CCCC2N1. The van der Waals surface area contributed by atoms with Gasteiger partial charge in [-0.05, 0) is 51.5 Å². The van der Waals surface area contributed by atoms with Crippen LogP contribution >= 0.6 is 0 Å². The van der Waals surface area contributed by atoms with Crippen LogP contribution in [-0.4, -0.2) is 12.1 Å². The Morgan fingerprint density at radius 2 is 1.95 bits per heavy atom. The van der Waals surface area contributed by atoms with Crippen molar-refractivity contribution in [3.63, 3.8) is 0 Å². The molecule has 2 fully saturated rings. The van der Waals surface area contributed by atoms with Gasteiger partial charge in [-0.3, -0.25) is 0 Å². The van der Waals surface area contributed by atoms with Crippen LogP contribution in [0.4, 0.5) is 0 Å². The van der Waals surface area contributed by atoms with Gasteiger partial charge < -0.3 is 10.1 Å². The van der Waals surface area contributed by atoms with E-state index in [4.69, 9.17) is 4.74 Å². The minimum Gasteiger partial charge on any atom is -0.491 e. The molecule has 1 aliphatic carbocycles. The second-order valence-electron chi connectivity index (χ2n) is 6.30. The van der Waals surface area contributed by atoms with Crippen molar-refractivity contribution in [1.82, 2.24) is 5.32 Å². The number of hydrogen-bond acceptors (Lipinski definition) is 2. The van der Waals surface area contributed by atoms with Crippen molar-refractivity contribution in [2.75, 3.05) is 0 Å². The van der Waals surface area contributed by atoms with Crippen LogP contribution in [0.1, 0.15) is 57.6 Å². The Labute approximate surface area is 116 Å². The number of hydrogen-bond donors (Lipinski definition) is 1. The fourth-order valence-electron chi connectivity index (χ4n) is 3.70. The predicted molar refractivity (Wildman–Crippen MR) is 78.4 cm³/mol. The Morgan fingerprint density at radius 1 is 1.11 bits per heavy atom. The fourth-order valence-corrected chi connectivity index (χ4v) is 3.70. The molecule has 0 bridgehead atoms. The molecular formula is C17H25NO. The van der Waals surface area contributed by atoms with Gasteiger partial charge in [0.1, 0.15) is 5.75 Å². The zero-order valence-electron chi connectivity index (χ0n) is 12.1. The third kappa shape index (κ3) is 2.79. The van der Waals surface area contributed by atoms with Crippen molar-refractivity contribution >= 4 is 0 Å². The lowest BCUT2D eigenvalue weighted by molar-refractivity contribution is 0.224. The lowest BCUT2D eigenvalue weighted by Crippen LogP contribution is -2.40. The Bertz CT molecular complexity index is 429. The van der Waals surface area contributed by atoms with E-state index in [0.29, 0.717) is 6.04 Å². The number of benzene rings is 1. The number of ether oxygens (including phenoxy) is 1. The molecule has 2 heteroatoms. The van der Waals surface area contributed by atoms with E-state index in [1.54, 1.807) is 0 Å². The minimum atomic E-state index is 0.240. The zero-order chi connectivity index (χ0) is 13.2. The van der Waals surface area contributed by atoms with Crippen LogP contribution in [0, 0.1) is 5.92 Å². The first-order valence-corrected chi connectivity index (χ1v) is 7.75. The quantitative estimate of drug-likeness (QED) is 0.883. The highest BCUT2D eigenvalue weighted by Gasteiger charge is 2.34. The van der Waals surface area contributed by atoms with Crippen molar-refractivity contribution in [2.24, 2.45) is 5.92 Å². The van der Waals surface area contributed by atoms with Crippen molar-refractivity contribution in [1.29, 1.82) is 0 Å². The van der Waals surface area contributed by atoms with Crippen molar-refractivity contribution < 1.29 is 4.74 Å². The predicted octanol–water partition coefficient (Wildman–Crippen LogP) is 4.07. The fraction of sp³-hybridized carbons (Fsp3) is 0.647. The minimum absolute atomic E-state index is 0.240. The molecule has 1 N–H and O–H groups in total. The first kappa shape index (κ1) is 13.0. The summed E-state index contributed by atoms with van der Waals surface area (Å²) in [5, 5.41) is 3.87. The van der Waals surface area contributed by atoms with Crippen LogP contribution in [-0.2, 0) is 0 Å². The van der Waals surface area contributed by atoms with Gasteiger partial charge in [-0.2, -0.15) is 0 Å². The van der Waals surface area contributed by atoms with Gasteiger partial charge in [0.2, 0.25) is 0 Å². The highest BCUT2D eigenvalue weighted by atomic mass is 16.5. The smallest absolute Gasteiger partial charge is 0.124 e. The molecule has 0 amide bonds. The monoisotopic (exact) mass is 259 g/mol. The lowest BCUT2D eigenvalue weighted by Gasteiger charge is -2.34. The third-order valence-corrected chi connectivity index (χ3v) is 4.56. The summed E-state index contributed by atoms with van der Waals surface area (Å²) in [4.78, 5) is 0. The van der Waals surface area contributed by atoms with Gasteiger partial charge in [0.15, 0.2) is 0 Å². The molecule has 104 valence electrons. The lowest BCUT2D eigenvalue weighted by atomic mass is 9.87. The molecule has 0 spiro atoms. The van der Waals surface area contributed by atoms with E-state index in [9.17, 15) is 0 Å². The summed E-state index contributed by atoms with van der Waals surface area (Å²) in [6.07, 6.45) is 7.05. The molecule has 1 saturated carbocycles. The van der Waals surface area contributed by atoms with Gasteiger partial charge in [0, 0.05) is 17.6 Å². The normalized spacial score (nSPS) is 30.4. The van der Waals surface area contributed by atoms with Crippen LogP contribution in [0.5, 0.6) is 5.75 Å². The van der Waals surface area contributed by atoms with Crippen LogP contribution in [0.25, 0.3) is 0 Å². The Morgan fingerprint density at radius 3 is 2.79 bits per heavy atom. The van der Waals surface area contributed by atoms with E-state index >= 15 is 0 Å². The molecule has 1 aromatic rings. The molecule has 0 radical (unpaired) electrons. The van der Waals surface area contributed by atoms with Gasteiger partial charge in [0.05, 0.1) is 6.10 Å². The average molecular weight is 259 g/mol. The van der Waals surface area contributed by atoms with E-state index in [0.717, 1.165) is 17.7 Å².